The van der Waals surface area contributed by atoms with Crippen LogP contribution in [0.25, 0.3) is 0 Å². The maximum absolute atomic E-state index is 13.3. The van der Waals surface area contributed by atoms with E-state index in [1.54, 1.807) is 19.4 Å². The quantitative estimate of drug-likeness (QED) is 0.0739. The molecule has 0 amide bonds. The fourth-order valence-electron chi connectivity index (χ4n) is 7.39. The van der Waals surface area contributed by atoms with Crippen molar-refractivity contribution in [3.63, 3.8) is 0 Å². The van der Waals surface area contributed by atoms with E-state index >= 15 is 0 Å². The van der Waals surface area contributed by atoms with Crippen molar-refractivity contribution in [1.29, 1.82) is 0 Å². The number of oxazole rings is 1. The zero-order chi connectivity index (χ0) is 64.2. The number of imidazole rings is 1. The van der Waals surface area contributed by atoms with Gasteiger partial charge in [-0.3, -0.25) is 0 Å². The summed E-state index contributed by atoms with van der Waals surface area (Å²) in [6.07, 6.45) is 34.1. The molecule has 1 aliphatic carbocycles. The van der Waals surface area contributed by atoms with Gasteiger partial charge in [0, 0.05) is 88.5 Å². The zero-order valence-electron chi connectivity index (χ0n) is 58.9. The summed E-state index contributed by atoms with van der Waals surface area (Å²) in [6.45, 7) is 54.6. The monoisotopic (exact) mass is 1170 g/mol. The molecule has 5 aromatic rings. The molecule has 0 radical (unpaired) electrons. The number of rotatable bonds is 20. The van der Waals surface area contributed by atoms with Crippen molar-refractivity contribution in [2.45, 2.75) is 249 Å². The molecule has 1 aliphatic heterocycles. The Labute approximate surface area is 517 Å². The first-order valence-electron chi connectivity index (χ1n) is 32.5. The maximum Gasteiger partial charge on any atom is 0.193 e. The topological polar surface area (TPSA) is 128 Å². The van der Waals surface area contributed by atoms with Crippen LogP contribution >= 0.6 is 0 Å². The molecular weight excluding hydrogens is 1040 g/mol. The van der Waals surface area contributed by atoms with Crippen LogP contribution in [-0.4, -0.2) is 100 Å². The Morgan fingerprint density at radius 3 is 1.40 bits per heavy atom. The molecule has 12 nitrogen and oxygen atoms in total. The van der Waals surface area contributed by atoms with Crippen LogP contribution in [-0.2, 0) is 32.2 Å². The molecule has 5 aromatic heterocycles. The first-order valence-corrected chi connectivity index (χ1v) is 32.5. The van der Waals surface area contributed by atoms with E-state index in [9.17, 15) is 4.39 Å². The van der Waals surface area contributed by atoms with E-state index in [1.807, 2.05) is 76.7 Å². The lowest BCUT2D eigenvalue weighted by Crippen LogP contribution is -2.27. The molecule has 0 spiro atoms. The van der Waals surface area contributed by atoms with Crippen molar-refractivity contribution in [3.8, 4) is 0 Å². The van der Waals surface area contributed by atoms with Crippen LogP contribution in [0.3, 0.4) is 0 Å². The number of hydrogen-bond acceptors (Lipinski definition) is 11. The Morgan fingerprint density at radius 2 is 1.05 bits per heavy atom. The minimum Gasteiger partial charge on any atom is -0.449 e. The number of likely N-dealkylation sites (tertiary alicyclic amines) is 1. The SMILES string of the molecule is CC(C)C.CC(C)C1CC1.CC(C)CCN(C)C.CC(C)CCN1CCC(C)(F)C1.CC(C)CCc1ncco1.CC(C)CCn1ccnc1.Cc1cnc(CC(C)C)nc1.Cc1cnc(CCC(C)C)nc1.Cc1ncc(CC(C)C)cn1. The average molecular weight is 1170 g/mol. The summed E-state index contributed by atoms with van der Waals surface area (Å²) in [7, 11) is 4.23. The number of hydrogen-bond donors (Lipinski definition) is 0. The van der Waals surface area contributed by atoms with E-state index in [4.69, 9.17) is 4.42 Å². The van der Waals surface area contributed by atoms with E-state index < -0.39 is 5.67 Å². The van der Waals surface area contributed by atoms with Crippen molar-refractivity contribution >= 4 is 0 Å². The average Bonchev–Trinajstić information content (AvgIpc) is 3.74. The van der Waals surface area contributed by atoms with Crippen LogP contribution in [0.2, 0.25) is 0 Å². The van der Waals surface area contributed by atoms with Crippen molar-refractivity contribution in [2.24, 2.45) is 59.2 Å². The second kappa shape index (κ2) is 48.6. The maximum atomic E-state index is 13.3. The van der Waals surface area contributed by atoms with E-state index in [2.05, 4.69) is 200 Å². The summed E-state index contributed by atoms with van der Waals surface area (Å²) < 4.78 is 20.5. The summed E-state index contributed by atoms with van der Waals surface area (Å²) in [6, 6.07) is 0. The summed E-state index contributed by atoms with van der Waals surface area (Å²) in [4.78, 5) is 37.6. The Kier molecular flexibility index (Phi) is 47.2. The van der Waals surface area contributed by atoms with E-state index in [-0.39, 0.29) is 0 Å². The van der Waals surface area contributed by atoms with Gasteiger partial charge in [0.1, 0.15) is 29.4 Å². The van der Waals surface area contributed by atoms with Crippen molar-refractivity contribution < 1.29 is 8.81 Å². The van der Waals surface area contributed by atoms with Crippen molar-refractivity contribution in [2.75, 3.05) is 40.3 Å². The molecule has 1 unspecified atom stereocenters. The fourth-order valence-corrected chi connectivity index (χ4v) is 7.39. The van der Waals surface area contributed by atoms with Crippen molar-refractivity contribution in [3.05, 3.63) is 108 Å². The number of aryl methyl sites for hydroxylation is 6. The predicted octanol–water partition coefficient (Wildman–Crippen LogP) is 18.3. The lowest BCUT2D eigenvalue weighted by atomic mass is 10.1. The minimum absolute atomic E-state index is 0.637. The van der Waals surface area contributed by atoms with Gasteiger partial charge in [0.25, 0.3) is 0 Å². The van der Waals surface area contributed by atoms with Crippen LogP contribution in [0.15, 0.2) is 72.8 Å². The molecule has 0 bridgehead atoms. The Balaban J connectivity index is 0. The highest BCUT2D eigenvalue weighted by molar-refractivity contribution is 5.05. The molecule has 0 N–H and O–H groups in total. The molecule has 1 saturated heterocycles. The van der Waals surface area contributed by atoms with E-state index in [1.165, 1.54) is 50.6 Å². The predicted molar refractivity (Wildman–Crippen MR) is 358 cm³/mol. The summed E-state index contributed by atoms with van der Waals surface area (Å²) in [5, 5.41) is 0. The summed E-state index contributed by atoms with van der Waals surface area (Å²) in [5.41, 5.74) is 2.56. The zero-order valence-corrected chi connectivity index (χ0v) is 58.9. The smallest absolute Gasteiger partial charge is 0.193 e. The largest absolute Gasteiger partial charge is 0.449 e. The minimum atomic E-state index is -0.920. The fraction of sp³-hybridized carbons (Fsp3) is 0.746. The molecule has 7 rings (SSSR count). The first-order chi connectivity index (χ1) is 39.3. The van der Waals surface area contributed by atoms with E-state index in [0.717, 1.165) is 134 Å². The van der Waals surface area contributed by atoms with Gasteiger partial charge in [0.15, 0.2) is 5.89 Å². The molecule has 1 saturated carbocycles. The first kappa shape index (κ1) is 81.6. The van der Waals surface area contributed by atoms with Crippen LogP contribution in [0.1, 0.15) is 230 Å². The number of aromatic nitrogens is 9. The van der Waals surface area contributed by atoms with Gasteiger partial charge in [-0.25, -0.2) is 44.3 Å². The summed E-state index contributed by atoms with van der Waals surface area (Å²) in [5.74, 6) is 11.7. The van der Waals surface area contributed by atoms with Gasteiger partial charge in [-0.15, -0.1) is 0 Å². The van der Waals surface area contributed by atoms with Crippen LogP contribution < -0.4 is 0 Å². The third-order valence-electron chi connectivity index (χ3n) is 12.9. The molecule has 6 heterocycles. The van der Waals surface area contributed by atoms with Gasteiger partial charge < -0.3 is 18.8 Å². The molecule has 0 aromatic carbocycles. The van der Waals surface area contributed by atoms with Gasteiger partial charge >= 0.3 is 0 Å². The third kappa shape index (κ3) is 55.4. The second-order valence-electron chi connectivity index (χ2n) is 27.9. The molecule has 2 aliphatic rings. The van der Waals surface area contributed by atoms with Gasteiger partial charge in [0.05, 0.1) is 12.5 Å². The highest BCUT2D eigenvalue weighted by Crippen LogP contribution is 2.35. The lowest BCUT2D eigenvalue weighted by molar-refractivity contribution is 0.186. The number of alkyl halides is 1. The van der Waals surface area contributed by atoms with Crippen LogP contribution in [0.4, 0.5) is 4.39 Å². The Morgan fingerprint density at radius 1 is 0.571 bits per heavy atom. The number of halogens is 1. The molecule has 482 valence electrons. The van der Waals surface area contributed by atoms with Gasteiger partial charge in [0.2, 0.25) is 0 Å². The van der Waals surface area contributed by atoms with Crippen LogP contribution in [0.5, 0.6) is 0 Å². The normalized spacial score (nSPS) is 14.5. The van der Waals surface area contributed by atoms with Gasteiger partial charge in [-0.2, -0.15) is 0 Å². The van der Waals surface area contributed by atoms with E-state index in [0.29, 0.717) is 24.8 Å². The van der Waals surface area contributed by atoms with Crippen LogP contribution in [0, 0.1) is 80.0 Å². The molecule has 1 atom stereocenters. The highest BCUT2D eigenvalue weighted by atomic mass is 19.1. The van der Waals surface area contributed by atoms with Gasteiger partial charge in [-0.05, 0) is 189 Å². The molecule has 84 heavy (non-hydrogen) atoms. The van der Waals surface area contributed by atoms with Gasteiger partial charge in [-0.1, -0.05) is 132 Å². The highest BCUT2D eigenvalue weighted by Gasteiger charge is 2.33. The molecular formula is C71H130FN11O. The third-order valence-corrected chi connectivity index (χ3v) is 12.9. The lowest BCUT2D eigenvalue weighted by Gasteiger charge is -2.17. The molecule has 13 heteroatoms. The number of nitrogens with zero attached hydrogens (tertiary/aromatic N) is 11. The molecule has 2 fully saturated rings. The second-order valence-corrected chi connectivity index (χ2v) is 27.9. The van der Waals surface area contributed by atoms with Crippen molar-refractivity contribution in [1.82, 2.24) is 54.2 Å². The Bertz CT molecular complexity index is 2060. The Hall–Kier alpha value is -4.49. The standard InChI is InChI=1S/C10H20FN.C10H16N2.2C9H14N2.C8H14N2.C8H13NO.C7H17N.C6H12.C4H10/c1-9(2)4-6-12-7-5-10(3,11)8-12;1-8(2)4-5-10-11-6-9(3)7-12-10;1-7(2)4-9-5-10-8(3)11-6-9;1-7(2)4-9-10-5-8(3)6-11-9;1-8(2)3-5-10-6-4-9-7-10;1-7(2)3-4-8-9-5-6-10-8;1-7(2)5-6-8(3)4;1-5(2)6-3-4-6;1-4(2)3/h9H,4-8H2,1-3H3;6-8H,4-5H2,1-3H3;2*5-7H,4H2,1-3H3;4,6-8H,3,5H2,1-2H3;5-7H,3-4H2,1-2H3;7H,5-6H2,1-4H3;5-6H,3-4H2,1-2H3;4H,1-3H3. The summed E-state index contributed by atoms with van der Waals surface area (Å²) >= 11 is 0.